The minimum atomic E-state index is -1.03. The molecular formula is C9H14N2O3S. The van der Waals surface area contributed by atoms with Gasteiger partial charge in [-0.1, -0.05) is 0 Å². The highest BCUT2D eigenvalue weighted by Crippen LogP contribution is 2.22. The fraction of sp³-hybridized carbons (Fsp3) is 0.556. The monoisotopic (exact) mass is 230 g/mol. The number of carboxylic acid groups (broad SMARTS) is 1. The summed E-state index contributed by atoms with van der Waals surface area (Å²) in [7, 11) is 1.70. The summed E-state index contributed by atoms with van der Waals surface area (Å²) in [6.45, 7) is 5.74. The van der Waals surface area contributed by atoms with Crippen LogP contribution in [0, 0.1) is 0 Å². The highest BCUT2D eigenvalue weighted by atomic mass is 32.1. The number of carbonyl (C=O) groups is 1. The van der Waals surface area contributed by atoms with Gasteiger partial charge in [-0.15, -0.1) is 11.3 Å². The van der Waals surface area contributed by atoms with Crippen LogP contribution in [-0.4, -0.2) is 28.7 Å². The molecule has 6 heteroatoms. The molecule has 0 bridgehead atoms. The van der Waals surface area contributed by atoms with Crippen LogP contribution in [0.25, 0.3) is 0 Å². The Balaban J connectivity index is 2.74. The van der Waals surface area contributed by atoms with Crippen LogP contribution < -0.4 is 5.06 Å². The molecule has 1 N–H and O–H groups in total. The van der Waals surface area contributed by atoms with Gasteiger partial charge < -0.3 is 5.11 Å². The van der Waals surface area contributed by atoms with E-state index in [0.717, 1.165) is 0 Å². The molecule has 0 radical (unpaired) electrons. The summed E-state index contributed by atoms with van der Waals surface area (Å²) in [6, 6.07) is 0. The molecule has 0 saturated carbocycles. The smallest absolute Gasteiger partial charge is 0.355 e. The van der Waals surface area contributed by atoms with Crippen molar-refractivity contribution < 1.29 is 14.7 Å². The Morgan fingerprint density at radius 3 is 2.60 bits per heavy atom. The van der Waals surface area contributed by atoms with E-state index in [4.69, 9.17) is 9.94 Å². The molecule has 1 aromatic heterocycles. The predicted octanol–water partition coefficient (Wildman–Crippen LogP) is 2.01. The Morgan fingerprint density at radius 1 is 1.60 bits per heavy atom. The van der Waals surface area contributed by atoms with Crippen LogP contribution in [0.4, 0.5) is 5.13 Å². The fourth-order valence-electron chi connectivity index (χ4n) is 0.957. The molecule has 0 aromatic carbocycles. The van der Waals surface area contributed by atoms with Crippen LogP contribution in [-0.2, 0) is 4.84 Å². The maximum atomic E-state index is 10.6. The lowest BCUT2D eigenvalue weighted by molar-refractivity contribution is -0.0127. The summed E-state index contributed by atoms with van der Waals surface area (Å²) in [4.78, 5) is 20.0. The molecule has 0 saturated heterocycles. The van der Waals surface area contributed by atoms with Gasteiger partial charge in [0.2, 0.25) is 5.13 Å². The second kappa shape index (κ2) is 4.16. The van der Waals surface area contributed by atoms with Crippen molar-refractivity contribution in [2.45, 2.75) is 26.4 Å². The number of hydrogen-bond acceptors (Lipinski definition) is 5. The Labute approximate surface area is 92.3 Å². The standard InChI is InChI=1S/C9H14N2O3S/c1-9(2,3)14-11(4)8-10-6(5-15-8)7(12)13/h5H,1-4H3,(H,12,13). The van der Waals surface area contributed by atoms with Crippen molar-refractivity contribution in [1.29, 1.82) is 0 Å². The number of nitrogens with zero attached hydrogens (tertiary/aromatic N) is 2. The molecule has 0 unspecified atom stereocenters. The largest absolute Gasteiger partial charge is 0.476 e. The minimum Gasteiger partial charge on any atom is -0.476 e. The lowest BCUT2D eigenvalue weighted by Gasteiger charge is -2.25. The number of carboxylic acids is 1. The average molecular weight is 230 g/mol. The third-order valence-electron chi connectivity index (χ3n) is 1.39. The number of hydrogen-bond donors (Lipinski definition) is 1. The average Bonchev–Trinajstić information content (AvgIpc) is 2.47. The van der Waals surface area contributed by atoms with Crippen molar-refractivity contribution in [2.75, 3.05) is 12.1 Å². The van der Waals surface area contributed by atoms with Gasteiger partial charge in [-0.3, -0.25) is 4.84 Å². The lowest BCUT2D eigenvalue weighted by Crippen LogP contribution is -2.30. The topological polar surface area (TPSA) is 62.7 Å². The summed E-state index contributed by atoms with van der Waals surface area (Å²) in [5, 5.41) is 12.2. The van der Waals surface area contributed by atoms with E-state index in [9.17, 15) is 4.79 Å². The first-order valence-corrected chi connectivity index (χ1v) is 5.29. The molecule has 0 fully saturated rings. The van der Waals surface area contributed by atoms with Crippen molar-refractivity contribution in [3.8, 4) is 0 Å². The molecule has 1 aromatic rings. The predicted molar refractivity (Wildman–Crippen MR) is 58.3 cm³/mol. The van der Waals surface area contributed by atoms with Crippen molar-refractivity contribution >= 4 is 22.4 Å². The normalized spacial score (nSPS) is 11.5. The maximum absolute atomic E-state index is 10.6. The molecule has 0 amide bonds. The zero-order valence-electron chi connectivity index (χ0n) is 9.14. The molecule has 0 aliphatic heterocycles. The number of aromatic nitrogens is 1. The highest BCUT2D eigenvalue weighted by Gasteiger charge is 2.18. The Morgan fingerprint density at radius 2 is 2.20 bits per heavy atom. The van der Waals surface area contributed by atoms with Gasteiger partial charge in [0.15, 0.2) is 5.69 Å². The Hall–Kier alpha value is -1.14. The summed E-state index contributed by atoms with van der Waals surface area (Å²) >= 11 is 1.24. The maximum Gasteiger partial charge on any atom is 0.355 e. The van der Waals surface area contributed by atoms with E-state index in [-0.39, 0.29) is 11.3 Å². The van der Waals surface area contributed by atoms with Gasteiger partial charge in [0.05, 0.1) is 5.60 Å². The lowest BCUT2D eigenvalue weighted by atomic mass is 10.2. The van der Waals surface area contributed by atoms with Gasteiger partial charge >= 0.3 is 5.97 Å². The number of anilines is 1. The molecule has 15 heavy (non-hydrogen) atoms. The van der Waals surface area contributed by atoms with Gasteiger partial charge in [-0.05, 0) is 20.8 Å². The molecular weight excluding hydrogens is 216 g/mol. The van der Waals surface area contributed by atoms with E-state index in [0.29, 0.717) is 5.13 Å². The first-order chi connectivity index (χ1) is 6.79. The molecule has 1 heterocycles. The molecule has 84 valence electrons. The second-order valence-corrected chi connectivity index (χ2v) is 4.86. The van der Waals surface area contributed by atoms with Gasteiger partial charge in [0.25, 0.3) is 0 Å². The minimum absolute atomic E-state index is 0.0411. The van der Waals surface area contributed by atoms with Gasteiger partial charge in [0, 0.05) is 12.4 Å². The van der Waals surface area contributed by atoms with Crippen LogP contribution in [0.2, 0.25) is 0 Å². The van der Waals surface area contributed by atoms with Crippen molar-refractivity contribution in [1.82, 2.24) is 4.98 Å². The van der Waals surface area contributed by atoms with Crippen LogP contribution in [0.5, 0.6) is 0 Å². The molecule has 5 nitrogen and oxygen atoms in total. The highest BCUT2D eigenvalue weighted by molar-refractivity contribution is 7.13. The van der Waals surface area contributed by atoms with E-state index in [1.807, 2.05) is 20.8 Å². The first-order valence-electron chi connectivity index (χ1n) is 4.41. The van der Waals surface area contributed by atoms with E-state index in [1.165, 1.54) is 21.8 Å². The van der Waals surface area contributed by atoms with E-state index < -0.39 is 5.97 Å². The number of thiazole rings is 1. The first kappa shape index (κ1) is 11.9. The van der Waals surface area contributed by atoms with Crippen molar-refractivity contribution in [3.05, 3.63) is 11.1 Å². The van der Waals surface area contributed by atoms with Gasteiger partial charge in [-0.25, -0.2) is 14.8 Å². The number of rotatable bonds is 3. The van der Waals surface area contributed by atoms with Crippen LogP contribution in [0.1, 0.15) is 31.3 Å². The molecule has 0 aliphatic rings. The Kier molecular flexibility index (Phi) is 3.31. The van der Waals surface area contributed by atoms with Gasteiger partial charge in [-0.2, -0.15) is 0 Å². The summed E-state index contributed by atoms with van der Waals surface area (Å²) < 4.78 is 0. The van der Waals surface area contributed by atoms with E-state index in [2.05, 4.69) is 4.98 Å². The summed E-state index contributed by atoms with van der Waals surface area (Å²) in [5.41, 5.74) is -0.288. The zero-order chi connectivity index (χ0) is 11.6. The summed E-state index contributed by atoms with van der Waals surface area (Å²) in [5.74, 6) is -1.03. The molecule has 1 rings (SSSR count). The molecule has 0 spiro atoms. The fourth-order valence-corrected chi connectivity index (χ4v) is 1.66. The quantitative estimate of drug-likeness (QED) is 0.805. The number of hydroxylamine groups is 1. The second-order valence-electron chi connectivity index (χ2n) is 4.02. The molecule has 0 aliphatic carbocycles. The van der Waals surface area contributed by atoms with Crippen LogP contribution in [0.15, 0.2) is 5.38 Å². The molecule has 0 atom stereocenters. The third kappa shape index (κ3) is 3.49. The third-order valence-corrected chi connectivity index (χ3v) is 2.29. The van der Waals surface area contributed by atoms with Crippen molar-refractivity contribution in [2.24, 2.45) is 0 Å². The van der Waals surface area contributed by atoms with Gasteiger partial charge in [0.1, 0.15) is 0 Å². The summed E-state index contributed by atoms with van der Waals surface area (Å²) in [6.07, 6.45) is 0. The van der Waals surface area contributed by atoms with E-state index >= 15 is 0 Å². The number of aromatic carboxylic acids is 1. The SMILES string of the molecule is CN(OC(C)(C)C)c1nc(C(=O)O)cs1. The van der Waals surface area contributed by atoms with Crippen LogP contribution >= 0.6 is 11.3 Å². The zero-order valence-corrected chi connectivity index (χ0v) is 9.96. The van der Waals surface area contributed by atoms with Crippen molar-refractivity contribution in [3.63, 3.8) is 0 Å². The van der Waals surface area contributed by atoms with Crippen LogP contribution in [0.3, 0.4) is 0 Å². The Bertz CT molecular complexity index is 356. The van der Waals surface area contributed by atoms with E-state index in [1.54, 1.807) is 7.05 Å².